The number of esters is 1. The van der Waals surface area contributed by atoms with Gasteiger partial charge in [-0.05, 0) is 59.2 Å². The van der Waals surface area contributed by atoms with E-state index >= 15 is 0 Å². The zero-order valence-electron chi connectivity index (χ0n) is 16.6. The van der Waals surface area contributed by atoms with Gasteiger partial charge in [-0.25, -0.2) is 4.79 Å². The fraction of sp³-hybridized carbons (Fsp3) is 0.333. The number of halogens is 3. The minimum Gasteiger partial charge on any atom is -0.465 e. The second-order valence-corrected chi connectivity index (χ2v) is 7.14. The number of amides is 1. The summed E-state index contributed by atoms with van der Waals surface area (Å²) in [5.41, 5.74) is 11.6. The van der Waals surface area contributed by atoms with Crippen LogP contribution in [-0.2, 0) is 9.53 Å². The number of methoxy groups -OCH3 is 1. The molecule has 3 rings (SSSR count). The van der Waals surface area contributed by atoms with Gasteiger partial charge in [0.2, 0.25) is 0 Å². The number of alkyl halides is 3. The fourth-order valence-electron chi connectivity index (χ4n) is 3.67. The number of piperidine rings is 1. The van der Waals surface area contributed by atoms with Crippen LogP contribution in [0.2, 0.25) is 0 Å². The quantitative estimate of drug-likeness (QED) is 0.282. The average Bonchev–Trinajstić information content (AvgIpc) is 2.77. The second-order valence-electron chi connectivity index (χ2n) is 7.14. The SMILES string of the molecule is COC(=O)c1cc(N=[N+]=[N-])cc(-c2ccc(C3CCN(C(=O)C(F)(F)F)CC3)cc2)c1. The van der Waals surface area contributed by atoms with Crippen molar-refractivity contribution in [3.8, 4) is 11.1 Å². The van der Waals surface area contributed by atoms with Gasteiger partial charge in [-0.1, -0.05) is 29.4 Å². The maximum absolute atomic E-state index is 12.6. The van der Waals surface area contributed by atoms with Crippen LogP contribution in [0.1, 0.15) is 34.7 Å². The first kappa shape index (κ1) is 22.2. The molecule has 1 aliphatic rings. The van der Waals surface area contributed by atoms with Crippen molar-refractivity contribution in [2.45, 2.75) is 24.9 Å². The van der Waals surface area contributed by atoms with Gasteiger partial charge in [-0.15, -0.1) is 0 Å². The largest absolute Gasteiger partial charge is 0.471 e. The van der Waals surface area contributed by atoms with E-state index in [1.54, 1.807) is 12.1 Å². The van der Waals surface area contributed by atoms with E-state index in [-0.39, 0.29) is 30.3 Å². The van der Waals surface area contributed by atoms with Crippen molar-refractivity contribution in [2.24, 2.45) is 5.11 Å². The van der Waals surface area contributed by atoms with Crippen LogP contribution in [0.15, 0.2) is 47.6 Å². The summed E-state index contributed by atoms with van der Waals surface area (Å²) in [6.07, 6.45) is -3.96. The van der Waals surface area contributed by atoms with Crippen molar-refractivity contribution in [3.05, 3.63) is 64.0 Å². The molecule has 1 amide bonds. The van der Waals surface area contributed by atoms with E-state index in [4.69, 9.17) is 10.3 Å². The molecule has 162 valence electrons. The Bertz CT molecular complexity index is 1020. The molecule has 1 aliphatic heterocycles. The molecule has 0 atom stereocenters. The zero-order chi connectivity index (χ0) is 22.6. The molecule has 1 heterocycles. The number of likely N-dealkylation sites (tertiary alicyclic amines) is 1. The van der Waals surface area contributed by atoms with E-state index in [2.05, 4.69) is 10.0 Å². The Balaban J connectivity index is 1.77. The maximum atomic E-state index is 12.6. The lowest BCUT2D eigenvalue weighted by Gasteiger charge is -2.32. The molecule has 0 saturated carbocycles. The predicted molar refractivity (Wildman–Crippen MR) is 107 cm³/mol. The molecule has 1 fully saturated rings. The van der Waals surface area contributed by atoms with Crippen LogP contribution in [0.25, 0.3) is 21.6 Å². The second kappa shape index (κ2) is 9.09. The number of hydrogen-bond donors (Lipinski definition) is 0. The number of ether oxygens (including phenoxy) is 1. The summed E-state index contributed by atoms with van der Waals surface area (Å²) in [6, 6.07) is 12.1. The molecule has 7 nitrogen and oxygen atoms in total. The highest BCUT2D eigenvalue weighted by Crippen LogP contribution is 2.33. The van der Waals surface area contributed by atoms with Crippen molar-refractivity contribution in [1.82, 2.24) is 4.90 Å². The Labute approximate surface area is 176 Å². The van der Waals surface area contributed by atoms with Gasteiger partial charge in [0.25, 0.3) is 0 Å². The number of nitrogens with zero attached hydrogens (tertiary/aromatic N) is 4. The molecule has 2 aromatic carbocycles. The highest BCUT2D eigenvalue weighted by atomic mass is 19.4. The number of carbonyl (C=O) groups excluding carboxylic acids is 2. The first-order chi connectivity index (χ1) is 14.7. The normalized spacial score (nSPS) is 14.6. The lowest BCUT2D eigenvalue weighted by Crippen LogP contribution is -2.45. The summed E-state index contributed by atoms with van der Waals surface area (Å²) in [7, 11) is 1.25. The first-order valence-electron chi connectivity index (χ1n) is 9.48. The Kier molecular flexibility index (Phi) is 6.50. The maximum Gasteiger partial charge on any atom is 0.471 e. The number of carbonyl (C=O) groups is 2. The van der Waals surface area contributed by atoms with Gasteiger partial charge in [-0.3, -0.25) is 4.79 Å². The van der Waals surface area contributed by atoms with Crippen molar-refractivity contribution in [1.29, 1.82) is 0 Å². The number of hydrogen-bond acceptors (Lipinski definition) is 4. The predicted octanol–water partition coefficient (Wildman–Crippen LogP) is 5.35. The molecule has 0 unspecified atom stereocenters. The Morgan fingerprint density at radius 2 is 1.74 bits per heavy atom. The molecular formula is C21H19F3N4O3. The third kappa shape index (κ3) is 5.16. The van der Waals surface area contributed by atoms with Gasteiger partial charge >= 0.3 is 18.1 Å². The van der Waals surface area contributed by atoms with E-state index in [1.807, 2.05) is 24.3 Å². The lowest BCUT2D eigenvalue weighted by molar-refractivity contribution is -0.186. The molecule has 0 aliphatic carbocycles. The summed E-state index contributed by atoms with van der Waals surface area (Å²) in [5, 5.41) is 3.56. The number of benzene rings is 2. The van der Waals surface area contributed by atoms with Crippen LogP contribution in [0.4, 0.5) is 18.9 Å². The zero-order valence-corrected chi connectivity index (χ0v) is 16.6. The average molecular weight is 432 g/mol. The molecule has 0 aromatic heterocycles. The van der Waals surface area contributed by atoms with Crippen LogP contribution in [0.5, 0.6) is 0 Å². The minimum absolute atomic E-state index is 0.0477. The fourth-order valence-corrected chi connectivity index (χ4v) is 3.67. The summed E-state index contributed by atoms with van der Waals surface area (Å²) in [6.45, 7) is 0.114. The minimum atomic E-state index is -4.85. The van der Waals surface area contributed by atoms with Crippen LogP contribution in [0, 0.1) is 0 Å². The van der Waals surface area contributed by atoms with Gasteiger partial charge in [-0.2, -0.15) is 13.2 Å². The molecule has 1 saturated heterocycles. The highest BCUT2D eigenvalue weighted by Gasteiger charge is 2.43. The van der Waals surface area contributed by atoms with Gasteiger partial charge < -0.3 is 9.64 Å². The number of azide groups is 1. The van der Waals surface area contributed by atoms with Crippen molar-refractivity contribution >= 4 is 17.6 Å². The Morgan fingerprint density at radius 1 is 1.10 bits per heavy atom. The van der Waals surface area contributed by atoms with Gasteiger partial charge in [0.15, 0.2) is 0 Å². The summed E-state index contributed by atoms with van der Waals surface area (Å²) >= 11 is 0. The van der Waals surface area contributed by atoms with Crippen molar-refractivity contribution in [2.75, 3.05) is 20.2 Å². The van der Waals surface area contributed by atoms with E-state index in [1.165, 1.54) is 13.2 Å². The smallest absolute Gasteiger partial charge is 0.465 e. The highest BCUT2D eigenvalue weighted by molar-refractivity contribution is 5.92. The third-order valence-corrected chi connectivity index (χ3v) is 5.24. The van der Waals surface area contributed by atoms with Crippen LogP contribution in [-0.4, -0.2) is 43.2 Å². The molecule has 0 radical (unpaired) electrons. The van der Waals surface area contributed by atoms with Gasteiger partial charge in [0.1, 0.15) is 0 Å². The molecule has 0 spiro atoms. The van der Waals surface area contributed by atoms with E-state index in [0.29, 0.717) is 18.4 Å². The molecule has 10 heteroatoms. The lowest BCUT2D eigenvalue weighted by atomic mass is 9.88. The summed E-state index contributed by atoms with van der Waals surface area (Å²) in [5.74, 6) is -2.30. The molecule has 31 heavy (non-hydrogen) atoms. The van der Waals surface area contributed by atoms with Crippen molar-refractivity contribution in [3.63, 3.8) is 0 Å². The van der Waals surface area contributed by atoms with Crippen molar-refractivity contribution < 1.29 is 27.5 Å². The van der Waals surface area contributed by atoms with E-state index in [9.17, 15) is 22.8 Å². The standard InChI is InChI=1S/C21H19F3N4O3/c1-31-19(29)17-10-16(11-18(12-17)26-27-25)14-4-2-13(3-5-14)15-6-8-28(9-7-15)20(30)21(22,23)24/h2-5,10-12,15H,6-9H2,1H3. The first-order valence-corrected chi connectivity index (χ1v) is 9.48. The summed E-state index contributed by atoms with van der Waals surface area (Å²) in [4.78, 5) is 26.9. The molecule has 0 bridgehead atoms. The van der Waals surface area contributed by atoms with E-state index < -0.39 is 18.1 Å². The molecular weight excluding hydrogens is 413 g/mol. The van der Waals surface area contributed by atoms with Gasteiger partial charge in [0.05, 0.1) is 12.7 Å². The van der Waals surface area contributed by atoms with Crippen LogP contribution in [0.3, 0.4) is 0 Å². The van der Waals surface area contributed by atoms with Crippen LogP contribution < -0.4 is 0 Å². The Hall–Kier alpha value is -3.52. The van der Waals surface area contributed by atoms with Gasteiger partial charge in [0, 0.05) is 23.7 Å². The summed E-state index contributed by atoms with van der Waals surface area (Å²) < 4.78 is 42.5. The van der Waals surface area contributed by atoms with Crippen LogP contribution >= 0.6 is 0 Å². The monoisotopic (exact) mass is 432 g/mol. The number of rotatable bonds is 4. The Morgan fingerprint density at radius 3 is 2.29 bits per heavy atom. The third-order valence-electron chi connectivity index (χ3n) is 5.24. The molecule has 0 N–H and O–H groups in total. The molecule has 2 aromatic rings. The van der Waals surface area contributed by atoms with E-state index in [0.717, 1.165) is 16.0 Å². The topological polar surface area (TPSA) is 95.4 Å².